The van der Waals surface area contributed by atoms with Crippen LogP contribution in [0.2, 0.25) is 0 Å². The predicted octanol–water partition coefficient (Wildman–Crippen LogP) is 2.95. The van der Waals surface area contributed by atoms with Crippen LogP contribution < -0.4 is 14.8 Å². The number of anilines is 1. The molecule has 1 saturated heterocycles. The van der Waals surface area contributed by atoms with Crippen molar-refractivity contribution in [2.75, 3.05) is 58.3 Å². The molecule has 1 heterocycles. The van der Waals surface area contributed by atoms with E-state index in [2.05, 4.69) is 28.1 Å². The number of nitrogens with one attached hydrogen (secondary N) is 1. The van der Waals surface area contributed by atoms with Crippen molar-refractivity contribution in [3.8, 4) is 11.5 Å². The predicted molar refractivity (Wildman–Crippen MR) is 116 cm³/mol. The lowest BCUT2D eigenvalue weighted by Crippen LogP contribution is -2.49. The molecule has 1 amide bonds. The molecule has 2 aromatic rings. The second-order valence-corrected chi connectivity index (χ2v) is 7.44. The highest BCUT2D eigenvalue weighted by Gasteiger charge is 2.19. The molecular formula is C23H31N3O3. The number of carbonyl (C=O) groups is 1. The van der Waals surface area contributed by atoms with Gasteiger partial charge in [0.05, 0.1) is 13.7 Å². The van der Waals surface area contributed by atoms with E-state index in [0.717, 1.165) is 55.5 Å². The minimum Gasteiger partial charge on any atom is -0.497 e. The molecule has 2 aromatic carbocycles. The van der Waals surface area contributed by atoms with Crippen molar-refractivity contribution in [3.63, 3.8) is 0 Å². The average Bonchev–Trinajstić information content (AvgIpc) is 2.73. The summed E-state index contributed by atoms with van der Waals surface area (Å²) in [7, 11) is 1.66. The fraction of sp³-hybridized carbons (Fsp3) is 0.435. The normalized spacial score (nSPS) is 15.1. The van der Waals surface area contributed by atoms with Crippen LogP contribution in [0.25, 0.3) is 0 Å². The Labute approximate surface area is 173 Å². The zero-order valence-corrected chi connectivity index (χ0v) is 17.6. The maximum atomic E-state index is 12.4. The Hall–Kier alpha value is -2.57. The number of amides is 1. The summed E-state index contributed by atoms with van der Waals surface area (Å²) >= 11 is 0. The molecule has 1 N–H and O–H groups in total. The van der Waals surface area contributed by atoms with E-state index in [9.17, 15) is 4.79 Å². The lowest BCUT2D eigenvalue weighted by Gasteiger charge is -2.34. The third-order valence-electron chi connectivity index (χ3n) is 5.45. The molecule has 0 spiro atoms. The molecule has 0 unspecified atom stereocenters. The molecule has 1 aliphatic rings. The third kappa shape index (κ3) is 6.21. The first-order valence-corrected chi connectivity index (χ1v) is 10.1. The van der Waals surface area contributed by atoms with Gasteiger partial charge in [-0.2, -0.15) is 0 Å². The summed E-state index contributed by atoms with van der Waals surface area (Å²) in [6.45, 7) is 9.74. The van der Waals surface area contributed by atoms with Crippen molar-refractivity contribution in [1.29, 1.82) is 0 Å². The van der Waals surface area contributed by atoms with Gasteiger partial charge in [0.2, 0.25) is 5.91 Å². The van der Waals surface area contributed by atoms with Crippen LogP contribution in [-0.4, -0.2) is 68.7 Å². The largest absolute Gasteiger partial charge is 0.497 e. The van der Waals surface area contributed by atoms with Crippen LogP contribution >= 0.6 is 0 Å². The van der Waals surface area contributed by atoms with Gasteiger partial charge in [-0.15, -0.1) is 0 Å². The fourth-order valence-electron chi connectivity index (χ4n) is 3.41. The van der Waals surface area contributed by atoms with Crippen molar-refractivity contribution in [2.45, 2.75) is 13.8 Å². The Morgan fingerprint density at radius 2 is 1.62 bits per heavy atom. The second kappa shape index (κ2) is 10.3. The van der Waals surface area contributed by atoms with Gasteiger partial charge in [-0.05, 0) is 55.3 Å². The second-order valence-electron chi connectivity index (χ2n) is 7.44. The van der Waals surface area contributed by atoms with Crippen LogP contribution in [0, 0.1) is 13.8 Å². The highest BCUT2D eigenvalue weighted by molar-refractivity contribution is 5.93. The van der Waals surface area contributed by atoms with E-state index >= 15 is 0 Å². The monoisotopic (exact) mass is 397 g/mol. The summed E-state index contributed by atoms with van der Waals surface area (Å²) in [6.07, 6.45) is 0. The van der Waals surface area contributed by atoms with Crippen LogP contribution in [-0.2, 0) is 4.79 Å². The Morgan fingerprint density at radius 1 is 0.966 bits per heavy atom. The molecule has 0 aliphatic carbocycles. The molecule has 1 fully saturated rings. The minimum atomic E-state index is 0.0509. The van der Waals surface area contributed by atoms with Gasteiger partial charge in [0.15, 0.2) is 0 Å². The minimum absolute atomic E-state index is 0.0509. The number of ether oxygens (including phenoxy) is 2. The Balaban J connectivity index is 1.35. The number of rotatable bonds is 8. The van der Waals surface area contributed by atoms with E-state index in [4.69, 9.17) is 9.47 Å². The molecular weight excluding hydrogens is 366 g/mol. The smallest absolute Gasteiger partial charge is 0.238 e. The highest BCUT2D eigenvalue weighted by atomic mass is 16.5. The zero-order chi connectivity index (χ0) is 20.6. The Kier molecular flexibility index (Phi) is 7.49. The number of hydrogen-bond donors (Lipinski definition) is 1. The maximum Gasteiger partial charge on any atom is 0.238 e. The van der Waals surface area contributed by atoms with Crippen molar-refractivity contribution < 1.29 is 14.3 Å². The third-order valence-corrected chi connectivity index (χ3v) is 5.45. The van der Waals surface area contributed by atoms with Gasteiger partial charge in [-0.3, -0.25) is 14.6 Å². The molecule has 0 radical (unpaired) electrons. The quantitative estimate of drug-likeness (QED) is 0.742. The summed E-state index contributed by atoms with van der Waals surface area (Å²) in [4.78, 5) is 17.0. The topological polar surface area (TPSA) is 54.0 Å². The van der Waals surface area contributed by atoms with E-state index in [0.29, 0.717) is 13.2 Å². The Bertz CT molecular complexity index is 800. The fourth-order valence-corrected chi connectivity index (χ4v) is 3.41. The van der Waals surface area contributed by atoms with E-state index in [-0.39, 0.29) is 5.91 Å². The van der Waals surface area contributed by atoms with E-state index in [1.807, 2.05) is 43.3 Å². The molecule has 0 bridgehead atoms. The van der Waals surface area contributed by atoms with Crippen LogP contribution in [0.1, 0.15) is 11.1 Å². The molecule has 29 heavy (non-hydrogen) atoms. The van der Waals surface area contributed by atoms with E-state index in [1.165, 1.54) is 5.56 Å². The lowest BCUT2D eigenvalue weighted by atomic mass is 10.1. The van der Waals surface area contributed by atoms with Crippen molar-refractivity contribution in [1.82, 2.24) is 9.80 Å². The number of aryl methyl sites for hydroxylation is 1. The molecule has 6 nitrogen and oxygen atoms in total. The Morgan fingerprint density at radius 3 is 2.31 bits per heavy atom. The van der Waals surface area contributed by atoms with Crippen molar-refractivity contribution in [2.24, 2.45) is 0 Å². The van der Waals surface area contributed by atoms with Gasteiger partial charge in [-0.25, -0.2) is 0 Å². The number of nitrogens with zero attached hydrogens (tertiary/aromatic N) is 2. The standard InChI is InChI=1S/C23H31N3O3/c1-18-5-4-6-22(19(18)2)24-23(27)17-26-13-11-25(12-14-26)15-16-29-21-9-7-20(28-3)8-10-21/h4-10H,11-17H2,1-3H3,(H,24,27). The van der Waals surface area contributed by atoms with E-state index in [1.54, 1.807) is 7.11 Å². The maximum absolute atomic E-state index is 12.4. The number of piperazine rings is 1. The van der Waals surface area contributed by atoms with Crippen LogP contribution in [0.5, 0.6) is 11.5 Å². The summed E-state index contributed by atoms with van der Waals surface area (Å²) in [5, 5.41) is 3.05. The lowest BCUT2D eigenvalue weighted by molar-refractivity contribution is -0.117. The average molecular weight is 398 g/mol. The van der Waals surface area contributed by atoms with Crippen LogP contribution in [0.15, 0.2) is 42.5 Å². The van der Waals surface area contributed by atoms with Gasteiger partial charge in [0.1, 0.15) is 18.1 Å². The van der Waals surface area contributed by atoms with Crippen molar-refractivity contribution in [3.05, 3.63) is 53.6 Å². The number of methoxy groups -OCH3 is 1. The summed E-state index contributed by atoms with van der Waals surface area (Å²) in [5.41, 5.74) is 3.22. The molecule has 156 valence electrons. The molecule has 0 atom stereocenters. The van der Waals surface area contributed by atoms with Crippen LogP contribution in [0.3, 0.4) is 0 Å². The molecule has 1 aliphatic heterocycles. The van der Waals surface area contributed by atoms with E-state index < -0.39 is 0 Å². The summed E-state index contributed by atoms with van der Waals surface area (Å²) in [5.74, 6) is 1.73. The number of benzene rings is 2. The SMILES string of the molecule is COc1ccc(OCCN2CCN(CC(=O)Nc3cccc(C)c3C)CC2)cc1. The van der Waals surface area contributed by atoms with Gasteiger partial charge in [0.25, 0.3) is 0 Å². The first-order valence-electron chi connectivity index (χ1n) is 10.1. The molecule has 0 aromatic heterocycles. The van der Waals surface area contributed by atoms with Gasteiger partial charge in [0, 0.05) is 38.4 Å². The number of hydrogen-bond acceptors (Lipinski definition) is 5. The zero-order valence-electron chi connectivity index (χ0n) is 17.6. The first-order chi connectivity index (χ1) is 14.0. The highest BCUT2D eigenvalue weighted by Crippen LogP contribution is 2.18. The van der Waals surface area contributed by atoms with Gasteiger partial charge < -0.3 is 14.8 Å². The van der Waals surface area contributed by atoms with Gasteiger partial charge >= 0.3 is 0 Å². The summed E-state index contributed by atoms with van der Waals surface area (Å²) < 4.78 is 11.0. The molecule has 3 rings (SSSR count). The first kappa shape index (κ1) is 21.1. The number of carbonyl (C=O) groups excluding carboxylic acids is 1. The molecule has 6 heteroatoms. The van der Waals surface area contributed by atoms with Crippen molar-refractivity contribution >= 4 is 11.6 Å². The van der Waals surface area contributed by atoms with Gasteiger partial charge in [-0.1, -0.05) is 12.1 Å². The molecule has 0 saturated carbocycles. The van der Waals surface area contributed by atoms with Crippen LogP contribution in [0.4, 0.5) is 5.69 Å². The summed E-state index contributed by atoms with van der Waals surface area (Å²) in [6, 6.07) is 13.6.